The minimum atomic E-state index is -0.160. The Bertz CT molecular complexity index is 986. The number of carbonyl (C=O) groups excluding carboxylic acids is 1. The number of thioether (sulfide) groups is 1. The molecule has 2 aliphatic rings. The average molecular weight is 419 g/mol. The molecule has 28 heavy (non-hydrogen) atoms. The maximum absolute atomic E-state index is 13.3. The molecule has 0 aromatic carbocycles. The van der Waals surface area contributed by atoms with Crippen LogP contribution in [0, 0.1) is 11.3 Å². The molecule has 1 atom stereocenters. The fraction of sp³-hybridized carbons (Fsp3) is 0.579. The molecule has 1 N–H and O–H groups in total. The summed E-state index contributed by atoms with van der Waals surface area (Å²) < 4.78 is 7.45. The van der Waals surface area contributed by atoms with E-state index in [1.807, 2.05) is 6.07 Å². The Hall–Kier alpha value is -1.89. The van der Waals surface area contributed by atoms with Gasteiger partial charge in [0, 0.05) is 18.0 Å². The van der Waals surface area contributed by atoms with Crippen molar-refractivity contribution in [2.24, 2.45) is 0 Å². The Kier molecular flexibility index (Phi) is 5.99. The van der Waals surface area contributed by atoms with Crippen molar-refractivity contribution in [2.45, 2.75) is 56.3 Å². The number of hydrogen-bond donors (Lipinski definition) is 1. The van der Waals surface area contributed by atoms with Gasteiger partial charge in [0.25, 0.3) is 5.56 Å². The van der Waals surface area contributed by atoms with E-state index in [-0.39, 0.29) is 29.7 Å². The van der Waals surface area contributed by atoms with E-state index < -0.39 is 0 Å². The van der Waals surface area contributed by atoms with Gasteiger partial charge in [0.1, 0.15) is 4.83 Å². The fourth-order valence-corrected chi connectivity index (χ4v) is 5.90. The highest BCUT2D eigenvalue weighted by atomic mass is 32.2. The van der Waals surface area contributed by atoms with Gasteiger partial charge in [-0.05, 0) is 37.7 Å². The first kappa shape index (κ1) is 19.4. The zero-order chi connectivity index (χ0) is 19.5. The molecular formula is C19H22N4O3S2. The SMILES string of the molecule is N#CCCNC(=O)CSc1nc2sc3c(c2c(=O)n1C[C@H]1CCCO1)CCC3. The lowest BCUT2D eigenvalue weighted by atomic mass is 10.2. The topological polar surface area (TPSA) is 97.0 Å². The van der Waals surface area contributed by atoms with Crippen molar-refractivity contribution in [3.63, 3.8) is 0 Å². The molecule has 1 fully saturated rings. The third kappa shape index (κ3) is 3.95. The normalized spacial score (nSPS) is 18.3. The molecule has 0 bridgehead atoms. The molecule has 2 aromatic rings. The van der Waals surface area contributed by atoms with Gasteiger partial charge in [0.05, 0.1) is 36.3 Å². The van der Waals surface area contributed by atoms with Gasteiger partial charge in [-0.3, -0.25) is 14.2 Å². The van der Waals surface area contributed by atoms with Crippen LogP contribution in [0.2, 0.25) is 0 Å². The highest BCUT2D eigenvalue weighted by Gasteiger charge is 2.25. The highest BCUT2D eigenvalue weighted by molar-refractivity contribution is 7.99. The summed E-state index contributed by atoms with van der Waals surface area (Å²) in [4.78, 5) is 32.2. The van der Waals surface area contributed by atoms with Crippen LogP contribution in [0.15, 0.2) is 9.95 Å². The third-order valence-corrected chi connectivity index (χ3v) is 7.25. The molecule has 0 saturated carbocycles. The Balaban J connectivity index is 1.62. The molecule has 148 valence electrons. The third-order valence-electron chi connectivity index (χ3n) is 5.09. The first-order chi connectivity index (χ1) is 13.7. The molecule has 9 heteroatoms. The lowest BCUT2D eigenvalue weighted by Crippen LogP contribution is -2.30. The number of aryl methyl sites for hydroxylation is 2. The zero-order valence-corrected chi connectivity index (χ0v) is 17.2. The second-order valence-electron chi connectivity index (χ2n) is 7.03. The molecule has 0 radical (unpaired) electrons. The Labute approximate surface area is 171 Å². The van der Waals surface area contributed by atoms with Crippen molar-refractivity contribution < 1.29 is 9.53 Å². The molecule has 1 amide bonds. The lowest BCUT2D eigenvalue weighted by molar-refractivity contribution is -0.118. The summed E-state index contributed by atoms with van der Waals surface area (Å²) in [6.07, 6.45) is 5.31. The number of nitrogens with zero attached hydrogens (tertiary/aromatic N) is 3. The number of amides is 1. The first-order valence-electron chi connectivity index (χ1n) is 9.60. The molecule has 7 nitrogen and oxygen atoms in total. The van der Waals surface area contributed by atoms with Crippen LogP contribution in [0.5, 0.6) is 0 Å². The monoisotopic (exact) mass is 418 g/mol. The van der Waals surface area contributed by atoms with E-state index in [0.717, 1.165) is 48.9 Å². The van der Waals surface area contributed by atoms with E-state index in [1.54, 1.807) is 15.9 Å². The number of ether oxygens (including phenoxy) is 1. The Morgan fingerprint density at radius 3 is 3.11 bits per heavy atom. The first-order valence-corrected chi connectivity index (χ1v) is 11.4. The molecule has 1 aliphatic carbocycles. The molecule has 0 unspecified atom stereocenters. The maximum Gasteiger partial charge on any atom is 0.263 e. The van der Waals surface area contributed by atoms with Crippen molar-refractivity contribution in [1.29, 1.82) is 5.26 Å². The van der Waals surface area contributed by atoms with Crippen LogP contribution >= 0.6 is 23.1 Å². The van der Waals surface area contributed by atoms with Crippen molar-refractivity contribution in [3.05, 3.63) is 20.8 Å². The predicted molar refractivity (Wildman–Crippen MR) is 109 cm³/mol. The summed E-state index contributed by atoms with van der Waals surface area (Å²) in [5.74, 6) is 0.00641. The van der Waals surface area contributed by atoms with E-state index in [1.165, 1.54) is 22.2 Å². The number of thiophene rings is 1. The molecule has 1 aliphatic heterocycles. The standard InChI is InChI=1S/C19H22N4O3S2/c20-7-3-8-21-15(24)11-27-19-22-17-16(13-5-1-6-14(13)28-17)18(25)23(19)10-12-4-2-9-26-12/h12H,1-6,8-11H2,(H,21,24)/t12-/m1/s1. The van der Waals surface area contributed by atoms with Crippen molar-refractivity contribution in [1.82, 2.24) is 14.9 Å². The molecule has 0 spiro atoms. The Morgan fingerprint density at radius 2 is 2.32 bits per heavy atom. The lowest BCUT2D eigenvalue weighted by Gasteiger charge is -2.16. The molecule has 1 saturated heterocycles. The minimum Gasteiger partial charge on any atom is -0.376 e. The number of rotatable bonds is 7. The minimum absolute atomic E-state index is 0.00714. The number of hydrogen-bond acceptors (Lipinski definition) is 7. The quantitative estimate of drug-likeness (QED) is 0.421. The van der Waals surface area contributed by atoms with Crippen LogP contribution in [0.3, 0.4) is 0 Å². The molecule has 3 heterocycles. The van der Waals surface area contributed by atoms with Gasteiger partial charge in [0.15, 0.2) is 5.16 Å². The Morgan fingerprint density at radius 1 is 1.43 bits per heavy atom. The van der Waals surface area contributed by atoms with Gasteiger partial charge >= 0.3 is 0 Å². The summed E-state index contributed by atoms with van der Waals surface area (Å²) in [6.45, 7) is 1.54. The summed E-state index contributed by atoms with van der Waals surface area (Å²) in [6, 6.07) is 2.00. The summed E-state index contributed by atoms with van der Waals surface area (Å²) in [5, 5.41) is 12.6. The van der Waals surface area contributed by atoms with Gasteiger partial charge < -0.3 is 10.1 Å². The van der Waals surface area contributed by atoms with Crippen molar-refractivity contribution in [3.8, 4) is 6.07 Å². The average Bonchev–Trinajstić information content (AvgIpc) is 3.40. The van der Waals surface area contributed by atoms with Crippen LogP contribution in [-0.4, -0.2) is 40.5 Å². The second kappa shape index (κ2) is 8.64. The number of nitriles is 1. The van der Waals surface area contributed by atoms with Crippen LogP contribution in [0.1, 0.15) is 36.1 Å². The van der Waals surface area contributed by atoms with Crippen LogP contribution in [0.4, 0.5) is 0 Å². The smallest absolute Gasteiger partial charge is 0.263 e. The van der Waals surface area contributed by atoms with Crippen molar-refractivity contribution >= 4 is 39.2 Å². The summed E-state index contributed by atoms with van der Waals surface area (Å²) in [7, 11) is 0. The number of fused-ring (bicyclic) bond motifs is 3. The molecule has 2 aromatic heterocycles. The van der Waals surface area contributed by atoms with Gasteiger partial charge in [-0.2, -0.15) is 5.26 Å². The van der Waals surface area contributed by atoms with Crippen LogP contribution in [0.25, 0.3) is 10.2 Å². The summed E-state index contributed by atoms with van der Waals surface area (Å²) >= 11 is 2.89. The van der Waals surface area contributed by atoms with Crippen LogP contribution < -0.4 is 10.9 Å². The van der Waals surface area contributed by atoms with E-state index in [9.17, 15) is 9.59 Å². The van der Waals surface area contributed by atoms with E-state index in [4.69, 9.17) is 15.0 Å². The second-order valence-corrected chi connectivity index (χ2v) is 9.06. The number of nitrogens with one attached hydrogen (secondary N) is 1. The number of aromatic nitrogens is 2. The van der Waals surface area contributed by atoms with Gasteiger partial charge in [-0.15, -0.1) is 11.3 Å². The van der Waals surface area contributed by atoms with E-state index in [2.05, 4.69) is 5.32 Å². The van der Waals surface area contributed by atoms with Crippen molar-refractivity contribution in [2.75, 3.05) is 18.9 Å². The maximum atomic E-state index is 13.3. The van der Waals surface area contributed by atoms with Gasteiger partial charge in [-0.1, -0.05) is 11.8 Å². The summed E-state index contributed by atoms with van der Waals surface area (Å²) in [5.41, 5.74) is 1.16. The van der Waals surface area contributed by atoms with Gasteiger partial charge in [0.2, 0.25) is 5.91 Å². The van der Waals surface area contributed by atoms with Crippen LogP contribution in [-0.2, 0) is 28.9 Å². The zero-order valence-electron chi connectivity index (χ0n) is 15.5. The molecule has 4 rings (SSSR count). The largest absolute Gasteiger partial charge is 0.376 e. The fourth-order valence-electron chi connectivity index (χ4n) is 3.76. The highest BCUT2D eigenvalue weighted by Crippen LogP contribution is 2.35. The van der Waals surface area contributed by atoms with E-state index in [0.29, 0.717) is 18.2 Å². The van der Waals surface area contributed by atoms with Gasteiger partial charge in [-0.25, -0.2) is 4.98 Å². The van der Waals surface area contributed by atoms with E-state index >= 15 is 0 Å². The number of carbonyl (C=O) groups is 1. The molecular weight excluding hydrogens is 396 g/mol. The predicted octanol–water partition coefficient (Wildman–Crippen LogP) is 2.25.